The molecular weight excluding hydrogens is 244 g/mol. The molecule has 2 heteroatoms. The van der Waals surface area contributed by atoms with Crippen LogP contribution >= 0.6 is 0 Å². The third-order valence-electron chi connectivity index (χ3n) is 3.80. The third-order valence-corrected chi connectivity index (χ3v) is 3.80. The highest BCUT2D eigenvalue weighted by molar-refractivity contribution is 5.84. The molecule has 1 N–H and O–H groups in total. The van der Waals surface area contributed by atoms with Crippen LogP contribution in [0.3, 0.4) is 0 Å². The molecule has 0 spiro atoms. The van der Waals surface area contributed by atoms with E-state index in [2.05, 4.69) is 78.6 Å². The normalized spacial score (nSPS) is 10.9. The highest BCUT2D eigenvalue weighted by Crippen LogP contribution is 2.21. The molecule has 0 unspecified atom stereocenters. The van der Waals surface area contributed by atoms with Gasteiger partial charge in [0.2, 0.25) is 0 Å². The minimum atomic E-state index is 0.856. The number of hydrogen-bond donors (Lipinski definition) is 1. The Labute approximate surface area is 120 Å². The van der Waals surface area contributed by atoms with Gasteiger partial charge in [-0.3, -0.25) is 0 Å². The molecular formula is C18H20N2. The van der Waals surface area contributed by atoms with Crippen molar-refractivity contribution in [1.29, 1.82) is 0 Å². The zero-order valence-corrected chi connectivity index (χ0v) is 12.1. The maximum Gasteiger partial charge on any atom is 0.0481 e. The Morgan fingerprint density at radius 2 is 1.90 bits per heavy atom. The summed E-state index contributed by atoms with van der Waals surface area (Å²) in [6.07, 6.45) is 3.28. The Bertz CT molecular complexity index is 725. The van der Waals surface area contributed by atoms with Gasteiger partial charge in [0.15, 0.2) is 0 Å². The molecule has 3 aromatic rings. The van der Waals surface area contributed by atoms with Crippen molar-refractivity contribution in [3.63, 3.8) is 0 Å². The van der Waals surface area contributed by atoms with Gasteiger partial charge in [-0.25, -0.2) is 0 Å². The predicted octanol–water partition coefficient (Wildman–Crippen LogP) is 4.35. The molecule has 0 bridgehead atoms. The fraction of sp³-hybridized carbons (Fsp3) is 0.222. The number of anilines is 1. The van der Waals surface area contributed by atoms with Gasteiger partial charge >= 0.3 is 0 Å². The van der Waals surface area contributed by atoms with Crippen LogP contribution in [-0.2, 0) is 20.0 Å². The Kier molecular flexibility index (Phi) is 3.46. The van der Waals surface area contributed by atoms with Crippen LogP contribution < -0.4 is 5.32 Å². The van der Waals surface area contributed by atoms with Crippen molar-refractivity contribution in [2.45, 2.75) is 19.9 Å². The summed E-state index contributed by atoms with van der Waals surface area (Å²) in [7, 11) is 2.10. The number of nitrogens with one attached hydrogen (secondary N) is 1. The van der Waals surface area contributed by atoms with Gasteiger partial charge in [0.1, 0.15) is 0 Å². The Balaban J connectivity index is 1.83. The lowest BCUT2D eigenvalue weighted by molar-refractivity contribution is 0.955. The van der Waals surface area contributed by atoms with Crippen molar-refractivity contribution in [1.82, 2.24) is 4.57 Å². The third kappa shape index (κ3) is 2.42. The maximum absolute atomic E-state index is 3.53. The average Bonchev–Trinajstić information content (AvgIpc) is 2.82. The summed E-state index contributed by atoms with van der Waals surface area (Å²) in [5, 5.41) is 4.86. The standard InChI is InChI=1S/C18H20N2/c1-3-14-7-6-8-16(11-14)19-12-15-13-20(2)18-10-5-4-9-17(15)18/h4-11,13,19H,3,12H2,1-2H3. The van der Waals surface area contributed by atoms with Gasteiger partial charge in [-0.1, -0.05) is 37.3 Å². The first kappa shape index (κ1) is 12.8. The maximum atomic E-state index is 3.53. The highest BCUT2D eigenvalue weighted by atomic mass is 14.9. The van der Waals surface area contributed by atoms with Crippen molar-refractivity contribution in [3.8, 4) is 0 Å². The van der Waals surface area contributed by atoms with Gasteiger partial charge in [-0.05, 0) is 35.7 Å². The fourth-order valence-electron chi connectivity index (χ4n) is 2.66. The summed E-state index contributed by atoms with van der Waals surface area (Å²) in [6, 6.07) is 17.2. The van der Waals surface area contributed by atoms with Crippen LogP contribution in [0.25, 0.3) is 10.9 Å². The van der Waals surface area contributed by atoms with E-state index in [-0.39, 0.29) is 0 Å². The van der Waals surface area contributed by atoms with E-state index < -0.39 is 0 Å². The molecule has 0 aliphatic heterocycles. The molecule has 20 heavy (non-hydrogen) atoms. The minimum Gasteiger partial charge on any atom is -0.381 e. The summed E-state index contributed by atoms with van der Waals surface area (Å²) < 4.78 is 2.19. The van der Waals surface area contributed by atoms with Crippen molar-refractivity contribution < 1.29 is 0 Å². The van der Waals surface area contributed by atoms with E-state index in [1.807, 2.05) is 0 Å². The number of aryl methyl sites for hydroxylation is 2. The second-order valence-electron chi connectivity index (χ2n) is 5.19. The average molecular weight is 264 g/mol. The molecule has 1 heterocycles. The first-order chi connectivity index (χ1) is 9.78. The molecule has 0 aliphatic carbocycles. The van der Waals surface area contributed by atoms with E-state index >= 15 is 0 Å². The number of fused-ring (bicyclic) bond motifs is 1. The molecule has 0 saturated heterocycles. The number of benzene rings is 2. The minimum absolute atomic E-state index is 0.856. The molecule has 2 aromatic carbocycles. The number of aromatic nitrogens is 1. The van der Waals surface area contributed by atoms with Gasteiger partial charge in [-0.15, -0.1) is 0 Å². The number of para-hydroxylation sites is 1. The number of nitrogens with zero attached hydrogens (tertiary/aromatic N) is 1. The van der Waals surface area contributed by atoms with Crippen LogP contribution in [0.5, 0.6) is 0 Å². The number of rotatable bonds is 4. The zero-order valence-electron chi connectivity index (χ0n) is 12.1. The molecule has 0 saturated carbocycles. The van der Waals surface area contributed by atoms with Crippen LogP contribution in [0.4, 0.5) is 5.69 Å². The van der Waals surface area contributed by atoms with E-state index in [1.165, 1.54) is 27.7 Å². The topological polar surface area (TPSA) is 17.0 Å². The van der Waals surface area contributed by atoms with Crippen molar-refractivity contribution in [2.75, 3.05) is 5.32 Å². The molecule has 0 fully saturated rings. The van der Waals surface area contributed by atoms with Crippen LogP contribution in [0.15, 0.2) is 54.7 Å². The summed E-state index contributed by atoms with van der Waals surface area (Å²) in [5.74, 6) is 0. The van der Waals surface area contributed by atoms with E-state index in [0.29, 0.717) is 0 Å². The van der Waals surface area contributed by atoms with E-state index in [1.54, 1.807) is 0 Å². The molecule has 2 nitrogen and oxygen atoms in total. The van der Waals surface area contributed by atoms with Crippen molar-refractivity contribution >= 4 is 16.6 Å². The van der Waals surface area contributed by atoms with Gasteiger partial charge < -0.3 is 9.88 Å². The van der Waals surface area contributed by atoms with Gasteiger partial charge in [-0.2, -0.15) is 0 Å². The van der Waals surface area contributed by atoms with Gasteiger partial charge in [0.25, 0.3) is 0 Å². The summed E-state index contributed by atoms with van der Waals surface area (Å²) in [4.78, 5) is 0. The largest absolute Gasteiger partial charge is 0.381 e. The summed E-state index contributed by atoms with van der Waals surface area (Å²) in [5.41, 5.74) is 5.18. The molecule has 0 radical (unpaired) electrons. The van der Waals surface area contributed by atoms with E-state index in [9.17, 15) is 0 Å². The fourth-order valence-corrected chi connectivity index (χ4v) is 2.66. The summed E-state index contributed by atoms with van der Waals surface area (Å²) in [6.45, 7) is 3.04. The predicted molar refractivity (Wildman–Crippen MR) is 86.1 cm³/mol. The molecule has 102 valence electrons. The lowest BCUT2D eigenvalue weighted by atomic mass is 10.1. The molecule has 0 amide bonds. The van der Waals surface area contributed by atoms with E-state index in [0.717, 1.165) is 13.0 Å². The second-order valence-corrected chi connectivity index (χ2v) is 5.19. The SMILES string of the molecule is CCc1cccc(NCc2cn(C)c3ccccc23)c1. The molecule has 3 rings (SSSR count). The van der Waals surface area contributed by atoms with Crippen LogP contribution in [0, 0.1) is 0 Å². The summed E-state index contributed by atoms with van der Waals surface area (Å²) >= 11 is 0. The highest BCUT2D eigenvalue weighted by Gasteiger charge is 2.05. The lowest BCUT2D eigenvalue weighted by Crippen LogP contribution is -1.99. The first-order valence-corrected chi connectivity index (χ1v) is 7.13. The molecule has 1 aromatic heterocycles. The molecule has 0 atom stereocenters. The Hall–Kier alpha value is -2.22. The second kappa shape index (κ2) is 5.41. The monoisotopic (exact) mass is 264 g/mol. The Morgan fingerprint density at radius 3 is 2.75 bits per heavy atom. The van der Waals surface area contributed by atoms with Crippen LogP contribution in [0.1, 0.15) is 18.1 Å². The number of hydrogen-bond acceptors (Lipinski definition) is 1. The van der Waals surface area contributed by atoms with Gasteiger partial charge in [0, 0.05) is 36.4 Å². The first-order valence-electron chi connectivity index (χ1n) is 7.13. The Morgan fingerprint density at radius 1 is 1.05 bits per heavy atom. The van der Waals surface area contributed by atoms with Crippen molar-refractivity contribution in [2.24, 2.45) is 7.05 Å². The van der Waals surface area contributed by atoms with E-state index in [4.69, 9.17) is 0 Å². The molecule has 0 aliphatic rings. The van der Waals surface area contributed by atoms with Crippen LogP contribution in [-0.4, -0.2) is 4.57 Å². The quantitative estimate of drug-likeness (QED) is 0.741. The van der Waals surface area contributed by atoms with Crippen LogP contribution in [0.2, 0.25) is 0 Å². The van der Waals surface area contributed by atoms with Crippen molar-refractivity contribution in [3.05, 3.63) is 65.9 Å². The van der Waals surface area contributed by atoms with Gasteiger partial charge in [0.05, 0.1) is 0 Å². The zero-order chi connectivity index (χ0) is 13.9. The lowest BCUT2D eigenvalue weighted by Gasteiger charge is -2.07. The smallest absolute Gasteiger partial charge is 0.0481 e.